The molecule has 0 fully saturated rings. The van der Waals surface area contributed by atoms with Gasteiger partial charge in [0.1, 0.15) is 28.2 Å². The quantitative estimate of drug-likeness (QED) is 0.0123. The second-order valence-electron chi connectivity index (χ2n) is 21.6. The second-order valence-corrected chi connectivity index (χ2v) is 25.9. The number of benzene rings is 4. The molecule has 0 atom stereocenters. The molecule has 0 saturated heterocycles. The lowest BCUT2D eigenvalue weighted by molar-refractivity contribution is -0.385. The zero-order valence-electron chi connectivity index (χ0n) is 56.0. The molecule has 33 nitrogen and oxygen atoms in total. The molecule has 0 saturated carbocycles. The van der Waals surface area contributed by atoms with E-state index in [-0.39, 0.29) is 81.1 Å². The van der Waals surface area contributed by atoms with E-state index in [4.69, 9.17) is 37.0 Å². The Morgan fingerprint density at radius 2 is 0.771 bits per heavy atom. The fraction of sp³-hybridized carbons (Fsp3) is 0.0556. The number of thiazole rings is 4. The van der Waals surface area contributed by atoms with Gasteiger partial charge in [0, 0.05) is 80.4 Å². The van der Waals surface area contributed by atoms with Crippen molar-refractivity contribution < 1.29 is 78.8 Å². The van der Waals surface area contributed by atoms with Gasteiger partial charge in [-0.2, -0.15) is 0 Å². The summed E-state index contributed by atoms with van der Waals surface area (Å²) >= 11 is 5.38. The zero-order chi connectivity index (χ0) is 78.5. The van der Waals surface area contributed by atoms with Crippen LogP contribution in [0.5, 0.6) is 5.75 Å². The molecule has 0 unspecified atom stereocenters. The van der Waals surface area contributed by atoms with E-state index in [2.05, 4.69) is 55.8 Å². The SMILES string of the molecule is Nc1ccc(-c2cnc(CCC(=O)Nc3ccccc3C(=O)O)s2)nc1.Nc1ccccc1C(=O)O.O=C(/C=C/c1ncc(-c2ccc([N+](=O)[O-])cn2)s1)Nc1ccccc1C(=O)O.O=C(CCc1ncc(-c2ccc(O)cn2)s1)Nc1ccccc1C(=O)O.O=C(O)/C=C/c1ncc(-c2ccc([N+](=O)[O-])cn2)s1. The Kier molecular flexibility index (Phi) is 28.9. The van der Waals surface area contributed by atoms with Gasteiger partial charge in [-0.05, 0) is 97.1 Å². The maximum absolute atomic E-state index is 12.1. The number of nitro groups is 2. The second kappa shape index (κ2) is 39.4. The molecule has 0 spiro atoms. The Hall–Kier alpha value is -14.6. The molecule has 0 bridgehead atoms. The van der Waals surface area contributed by atoms with Crippen molar-refractivity contribution in [1.82, 2.24) is 39.9 Å². The van der Waals surface area contributed by atoms with E-state index >= 15 is 0 Å². The summed E-state index contributed by atoms with van der Waals surface area (Å²) in [7, 11) is 0. The normalized spacial score (nSPS) is 10.5. The number of carboxylic acid groups (broad SMARTS) is 5. The number of aromatic carboxylic acids is 4. The number of aromatic nitrogens is 8. The number of nitrogen functional groups attached to an aromatic ring is 2. The first-order valence-corrected chi connectivity index (χ1v) is 34.5. The fourth-order valence-corrected chi connectivity index (χ4v) is 12.2. The molecule has 8 aromatic heterocycles. The Balaban J connectivity index is 0.000000176. The topological polar surface area (TPSA) is 535 Å². The van der Waals surface area contributed by atoms with Gasteiger partial charge < -0.3 is 58.1 Å². The van der Waals surface area contributed by atoms with Crippen molar-refractivity contribution in [3.63, 3.8) is 0 Å². The minimum Gasteiger partial charge on any atom is -0.506 e. The molecule has 37 heteroatoms. The van der Waals surface area contributed by atoms with Crippen LogP contribution in [-0.2, 0) is 32.0 Å². The first-order valence-electron chi connectivity index (χ1n) is 31.2. The third-order valence-corrected chi connectivity index (χ3v) is 18.1. The van der Waals surface area contributed by atoms with E-state index in [1.165, 1.54) is 131 Å². The summed E-state index contributed by atoms with van der Waals surface area (Å²) in [5.74, 6) is -6.30. The van der Waals surface area contributed by atoms with Crippen LogP contribution in [0.3, 0.4) is 0 Å². The van der Waals surface area contributed by atoms with E-state index < -0.39 is 45.6 Å². The lowest BCUT2D eigenvalue weighted by Gasteiger charge is -2.07. The van der Waals surface area contributed by atoms with Crippen LogP contribution in [-0.4, -0.2) is 128 Å². The molecule has 3 amide bonds. The fourth-order valence-electron chi connectivity index (χ4n) is 8.78. The first-order chi connectivity index (χ1) is 52.3. The number of carbonyl (C=O) groups is 8. The van der Waals surface area contributed by atoms with E-state index in [1.54, 1.807) is 116 Å². The van der Waals surface area contributed by atoms with Crippen molar-refractivity contribution >= 4 is 145 Å². The van der Waals surface area contributed by atoms with Crippen LogP contribution in [0.2, 0.25) is 0 Å². The maximum atomic E-state index is 12.1. The van der Waals surface area contributed by atoms with Crippen molar-refractivity contribution in [1.29, 1.82) is 0 Å². The Bertz CT molecular complexity index is 5170. The summed E-state index contributed by atoms with van der Waals surface area (Å²) in [4.78, 5) is 147. The number of nitrogens with two attached hydrogens (primary N) is 2. The Morgan fingerprint density at radius 1 is 0.404 bits per heavy atom. The van der Waals surface area contributed by atoms with Crippen molar-refractivity contribution in [2.24, 2.45) is 0 Å². The predicted molar refractivity (Wildman–Crippen MR) is 407 cm³/mol. The Labute approximate surface area is 631 Å². The van der Waals surface area contributed by atoms with Crippen LogP contribution in [0.4, 0.5) is 39.8 Å². The molecule has 12 aromatic rings. The summed E-state index contributed by atoms with van der Waals surface area (Å²) in [5.41, 5.74) is 15.3. The number of nitrogens with one attached hydrogen (secondary N) is 3. The van der Waals surface area contributed by atoms with E-state index in [9.17, 15) is 63.7 Å². The number of carboxylic acids is 5. The van der Waals surface area contributed by atoms with Gasteiger partial charge in [0.2, 0.25) is 17.7 Å². The number of rotatable bonds is 23. The minimum atomic E-state index is -1.14. The van der Waals surface area contributed by atoms with Gasteiger partial charge in [0.05, 0.1) is 120 Å². The van der Waals surface area contributed by atoms with Crippen LogP contribution in [0.25, 0.3) is 54.4 Å². The molecule has 13 N–H and O–H groups in total. The van der Waals surface area contributed by atoms with Gasteiger partial charge >= 0.3 is 29.8 Å². The molecule has 0 aliphatic carbocycles. The highest BCUT2D eigenvalue weighted by Crippen LogP contribution is 2.31. The monoisotopic (exact) mass is 1550 g/mol. The molecule has 8 heterocycles. The van der Waals surface area contributed by atoms with Crippen molar-refractivity contribution in [3.8, 4) is 48.0 Å². The van der Waals surface area contributed by atoms with E-state index in [0.29, 0.717) is 61.1 Å². The van der Waals surface area contributed by atoms with Crippen molar-refractivity contribution in [2.45, 2.75) is 25.7 Å². The van der Waals surface area contributed by atoms with Gasteiger partial charge in [0.15, 0.2) is 0 Å². The highest BCUT2D eigenvalue weighted by molar-refractivity contribution is 7.16. The van der Waals surface area contributed by atoms with Gasteiger partial charge in [-0.1, -0.05) is 48.5 Å². The number of amides is 3. The molecular weight excluding hydrogens is 1490 g/mol. The summed E-state index contributed by atoms with van der Waals surface area (Å²) in [5, 5.41) is 85.2. The lowest BCUT2D eigenvalue weighted by atomic mass is 10.1. The maximum Gasteiger partial charge on any atom is 0.337 e. The van der Waals surface area contributed by atoms with E-state index in [0.717, 1.165) is 37.7 Å². The van der Waals surface area contributed by atoms with Crippen LogP contribution < -0.4 is 27.4 Å². The smallest absolute Gasteiger partial charge is 0.337 e. The average Bonchev–Trinajstić information content (AvgIpc) is 1.77. The number of hydrogen-bond acceptors (Lipinski definition) is 27. The molecule has 4 aromatic carbocycles. The summed E-state index contributed by atoms with van der Waals surface area (Å²) < 4.78 is 0. The number of aromatic hydroxyl groups is 1. The lowest BCUT2D eigenvalue weighted by Crippen LogP contribution is -2.15. The standard InChI is InChI=1S/C18H12N4O5S.C18H16N4O3S.C18H15N3O4S.C11H7N3O4S.C7H7NO2/c23-16(21-13-4-2-1-3-12(13)18(24)25)7-8-17-20-10-15(28-17)14-6-5-11(9-19-14)22(26)27;19-11-5-6-14(20-9-11)15-10-21-17(26-15)8-7-16(23)22-13-4-2-1-3-12(13)18(24)25;22-11-5-6-14(19-9-11)15-10-20-17(26-15)8-7-16(23)21-13-4-2-1-3-12(13)18(24)25;15-11(16)4-3-10-13-6-9(19-10)8-2-1-7(5-12-8)14(17)18;8-6-4-2-1-3-5(6)7(9)10/h1-10H,(H,21,23)(H,24,25);1-6,9-10H,7-8,19H2,(H,22,23)(H,24,25);1-6,9-10,22H,7-8H2,(H,21,23)(H,24,25);1-6H,(H,15,16);1-4H,8H2,(H,9,10)/b8-7+;;;4-3+;. The van der Waals surface area contributed by atoms with Gasteiger partial charge in [-0.3, -0.25) is 44.6 Å². The number of nitrogens with zero attached hydrogens (tertiary/aromatic N) is 10. The average molecular weight is 1550 g/mol. The van der Waals surface area contributed by atoms with Crippen LogP contribution in [0.1, 0.15) is 74.3 Å². The van der Waals surface area contributed by atoms with Gasteiger partial charge in [-0.15, -0.1) is 45.3 Å². The number of para-hydroxylation sites is 4. The molecule has 0 aliphatic heterocycles. The number of aliphatic carboxylic acids is 1. The number of hydrogen-bond donors (Lipinski definition) is 11. The van der Waals surface area contributed by atoms with Crippen molar-refractivity contribution in [3.05, 3.63) is 270 Å². The minimum absolute atomic E-state index is 0.00923. The highest BCUT2D eigenvalue weighted by atomic mass is 32.1. The van der Waals surface area contributed by atoms with E-state index in [1.807, 2.05) is 6.07 Å². The third kappa shape index (κ3) is 24.8. The molecule has 12 rings (SSSR count). The number of aryl methyl sites for hydroxylation is 2. The third-order valence-electron chi connectivity index (χ3n) is 14.0. The number of carbonyl (C=O) groups excluding carboxylic acids is 3. The zero-order valence-corrected chi connectivity index (χ0v) is 59.2. The molecule has 552 valence electrons. The largest absolute Gasteiger partial charge is 0.506 e. The Morgan fingerprint density at radius 3 is 1.14 bits per heavy atom. The predicted octanol–water partition coefficient (Wildman–Crippen LogP) is 12.9. The first kappa shape index (κ1) is 80.1. The highest BCUT2D eigenvalue weighted by Gasteiger charge is 2.18. The summed E-state index contributed by atoms with van der Waals surface area (Å²) in [6.07, 6.45) is 18.1. The number of pyridine rings is 4. The van der Waals surface area contributed by atoms with Crippen molar-refractivity contribution in [2.75, 3.05) is 27.4 Å². The van der Waals surface area contributed by atoms with Crippen LogP contribution >= 0.6 is 45.3 Å². The molecule has 0 aliphatic rings. The molecule has 0 radical (unpaired) electrons. The summed E-state index contributed by atoms with van der Waals surface area (Å²) in [6.45, 7) is 0. The van der Waals surface area contributed by atoms with Gasteiger partial charge in [-0.25, -0.2) is 53.9 Å². The van der Waals surface area contributed by atoms with Crippen LogP contribution in [0, 0.1) is 20.2 Å². The number of anilines is 5. The van der Waals surface area contributed by atoms with Gasteiger partial charge in [0.25, 0.3) is 11.4 Å². The summed E-state index contributed by atoms with van der Waals surface area (Å²) in [6, 6.07) is 37.6. The van der Waals surface area contributed by atoms with Crippen LogP contribution in [0.15, 0.2) is 207 Å². The molecule has 109 heavy (non-hydrogen) atoms. The molecular formula is C72H57N15O18S4.